The van der Waals surface area contributed by atoms with E-state index < -0.39 is 0 Å². The lowest BCUT2D eigenvalue weighted by Crippen LogP contribution is -2.23. The van der Waals surface area contributed by atoms with Crippen molar-refractivity contribution in [2.45, 2.75) is 32.1 Å². The minimum atomic E-state index is 0.353. The van der Waals surface area contributed by atoms with Crippen LogP contribution in [0.5, 0.6) is 0 Å². The fourth-order valence-corrected chi connectivity index (χ4v) is 3.33. The van der Waals surface area contributed by atoms with Gasteiger partial charge in [0.2, 0.25) is 0 Å². The fourth-order valence-electron chi connectivity index (χ4n) is 3.33. The van der Waals surface area contributed by atoms with E-state index in [9.17, 15) is 0 Å². The first-order chi connectivity index (χ1) is 11.8. The summed E-state index contributed by atoms with van der Waals surface area (Å²) in [6.07, 6.45) is 2.54. The normalized spacial score (nSPS) is 18.1. The fraction of sp³-hybridized carbons (Fsp3) is 0.429. The van der Waals surface area contributed by atoms with Crippen LogP contribution in [0, 0.1) is 0 Å². The Hall–Kier alpha value is -1.68. The zero-order valence-electron chi connectivity index (χ0n) is 14.6. The summed E-state index contributed by atoms with van der Waals surface area (Å²) >= 11 is 0. The van der Waals surface area contributed by atoms with Gasteiger partial charge >= 0.3 is 0 Å². The molecule has 0 bridgehead atoms. The van der Waals surface area contributed by atoms with Crippen molar-refractivity contribution in [3.05, 3.63) is 71.3 Å². The molecule has 1 N–H and O–H groups in total. The molecule has 3 rings (SSSR count). The molecule has 0 radical (unpaired) electrons. The summed E-state index contributed by atoms with van der Waals surface area (Å²) in [7, 11) is 2.00. The van der Waals surface area contributed by atoms with Crippen molar-refractivity contribution in [1.82, 2.24) is 10.2 Å². The SMILES string of the molecule is CNCCc1ccccc1COC1CCN(Cc2ccccc2)C1. The lowest BCUT2D eigenvalue weighted by atomic mass is 10.1. The molecule has 0 amide bonds. The van der Waals surface area contributed by atoms with Gasteiger partial charge in [0.1, 0.15) is 0 Å². The van der Waals surface area contributed by atoms with Crippen molar-refractivity contribution >= 4 is 0 Å². The molecule has 128 valence electrons. The maximum Gasteiger partial charge on any atom is 0.0723 e. The van der Waals surface area contributed by atoms with Crippen molar-refractivity contribution in [3.8, 4) is 0 Å². The second-order valence-corrected chi connectivity index (χ2v) is 6.56. The van der Waals surface area contributed by atoms with Crippen molar-refractivity contribution in [1.29, 1.82) is 0 Å². The summed E-state index contributed by atoms with van der Waals surface area (Å²) in [5, 5.41) is 3.22. The topological polar surface area (TPSA) is 24.5 Å². The molecule has 1 atom stereocenters. The van der Waals surface area contributed by atoms with Crippen molar-refractivity contribution in [2.24, 2.45) is 0 Å². The van der Waals surface area contributed by atoms with Crippen molar-refractivity contribution < 1.29 is 4.74 Å². The monoisotopic (exact) mass is 324 g/mol. The Bertz CT molecular complexity index is 614. The second-order valence-electron chi connectivity index (χ2n) is 6.56. The van der Waals surface area contributed by atoms with E-state index in [1.807, 2.05) is 7.05 Å². The first kappa shape index (κ1) is 17.2. The van der Waals surface area contributed by atoms with Gasteiger partial charge in [0.25, 0.3) is 0 Å². The minimum Gasteiger partial charge on any atom is -0.372 e. The maximum absolute atomic E-state index is 6.22. The zero-order valence-corrected chi connectivity index (χ0v) is 14.6. The van der Waals surface area contributed by atoms with Crippen LogP contribution < -0.4 is 5.32 Å². The summed E-state index contributed by atoms with van der Waals surface area (Å²) in [4.78, 5) is 2.49. The van der Waals surface area contributed by atoms with E-state index in [2.05, 4.69) is 64.8 Å². The molecule has 1 unspecified atom stereocenters. The first-order valence-corrected chi connectivity index (χ1v) is 8.94. The Morgan fingerprint density at radius 2 is 1.79 bits per heavy atom. The number of rotatable bonds is 8. The van der Waals surface area contributed by atoms with Crippen LogP contribution in [0.1, 0.15) is 23.1 Å². The molecule has 1 fully saturated rings. The van der Waals surface area contributed by atoms with E-state index in [-0.39, 0.29) is 0 Å². The molecular weight excluding hydrogens is 296 g/mol. The van der Waals surface area contributed by atoms with Gasteiger partial charge in [-0.3, -0.25) is 4.90 Å². The number of hydrogen-bond acceptors (Lipinski definition) is 3. The van der Waals surface area contributed by atoms with E-state index in [1.54, 1.807) is 0 Å². The van der Waals surface area contributed by atoms with Crippen molar-refractivity contribution in [3.63, 3.8) is 0 Å². The van der Waals surface area contributed by atoms with Gasteiger partial charge in [0, 0.05) is 19.6 Å². The number of ether oxygens (including phenoxy) is 1. The Morgan fingerprint density at radius 3 is 2.58 bits per heavy atom. The number of hydrogen-bond donors (Lipinski definition) is 1. The van der Waals surface area contributed by atoms with Crippen LogP contribution in [-0.2, 0) is 24.3 Å². The van der Waals surface area contributed by atoms with Gasteiger partial charge in [-0.15, -0.1) is 0 Å². The highest BCUT2D eigenvalue weighted by Gasteiger charge is 2.23. The largest absolute Gasteiger partial charge is 0.372 e. The lowest BCUT2D eigenvalue weighted by Gasteiger charge is -2.17. The second kappa shape index (κ2) is 8.97. The summed E-state index contributed by atoms with van der Waals surface area (Å²) in [5.41, 5.74) is 4.11. The standard InChI is InChI=1S/C21H28N2O/c1-22-13-11-19-9-5-6-10-20(19)17-24-21-12-14-23(16-21)15-18-7-3-2-4-8-18/h2-10,21-22H,11-17H2,1H3. The van der Waals surface area contributed by atoms with Crippen LogP contribution >= 0.6 is 0 Å². The van der Waals surface area contributed by atoms with E-state index in [0.717, 1.165) is 45.6 Å². The molecule has 24 heavy (non-hydrogen) atoms. The average molecular weight is 324 g/mol. The maximum atomic E-state index is 6.22. The van der Waals surface area contributed by atoms with E-state index >= 15 is 0 Å². The molecule has 2 aromatic rings. The highest BCUT2D eigenvalue weighted by Crippen LogP contribution is 2.18. The lowest BCUT2D eigenvalue weighted by molar-refractivity contribution is 0.0458. The molecule has 0 spiro atoms. The molecule has 1 aliphatic rings. The van der Waals surface area contributed by atoms with Crippen LogP contribution in [0.4, 0.5) is 0 Å². The van der Waals surface area contributed by atoms with E-state index in [1.165, 1.54) is 16.7 Å². The number of likely N-dealkylation sites (tertiary alicyclic amines) is 1. The molecule has 0 aliphatic carbocycles. The quantitative estimate of drug-likeness (QED) is 0.807. The Balaban J connectivity index is 1.48. The Morgan fingerprint density at radius 1 is 1.04 bits per heavy atom. The Kier molecular flexibility index (Phi) is 6.41. The first-order valence-electron chi connectivity index (χ1n) is 8.94. The highest BCUT2D eigenvalue weighted by molar-refractivity contribution is 5.26. The van der Waals surface area contributed by atoms with E-state index in [0.29, 0.717) is 6.10 Å². The van der Waals surface area contributed by atoms with Gasteiger partial charge < -0.3 is 10.1 Å². The van der Waals surface area contributed by atoms with Crippen molar-refractivity contribution in [2.75, 3.05) is 26.7 Å². The molecule has 3 nitrogen and oxygen atoms in total. The predicted octanol–water partition coefficient (Wildman–Crippen LogP) is 3.24. The molecule has 0 saturated carbocycles. The van der Waals surface area contributed by atoms with Gasteiger partial charge in [-0.1, -0.05) is 54.6 Å². The number of likely N-dealkylation sites (N-methyl/N-ethyl adjacent to an activating group) is 1. The Labute approximate surface area is 145 Å². The molecular formula is C21H28N2O. The third kappa shape index (κ3) is 4.91. The van der Waals surface area contributed by atoms with Gasteiger partial charge in [-0.05, 0) is 43.1 Å². The summed E-state index contributed by atoms with van der Waals surface area (Å²) in [6, 6.07) is 19.3. The average Bonchev–Trinajstić information content (AvgIpc) is 3.07. The molecule has 2 aromatic carbocycles. The van der Waals surface area contributed by atoms with Crippen LogP contribution in [-0.4, -0.2) is 37.7 Å². The molecule has 0 aromatic heterocycles. The summed E-state index contributed by atoms with van der Waals surface area (Å²) in [6.45, 7) is 4.92. The molecule has 1 aliphatic heterocycles. The minimum absolute atomic E-state index is 0.353. The zero-order chi connectivity index (χ0) is 16.6. The van der Waals surface area contributed by atoms with Crippen LogP contribution in [0.25, 0.3) is 0 Å². The van der Waals surface area contributed by atoms with Crippen LogP contribution in [0.3, 0.4) is 0 Å². The van der Waals surface area contributed by atoms with Gasteiger partial charge in [-0.25, -0.2) is 0 Å². The van der Waals surface area contributed by atoms with Crippen LogP contribution in [0.2, 0.25) is 0 Å². The van der Waals surface area contributed by atoms with Gasteiger partial charge in [-0.2, -0.15) is 0 Å². The van der Waals surface area contributed by atoms with Gasteiger partial charge in [0.15, 0.2) is 0 Å². The van der Waals surface area contributed by atoms with E-state index in [4.69, 9.17) is 4.74 Å². The molecule has 1 saturated heterocycles. The predicted molar refractivity (Wildman–Crippen MR) is 99.0 cm³/mol. The number of nitrogens with one attached hydrogen (secondary N) is 1. The smallest absolute Gasteiger partial charge is 0.0723 e. The molecule has 1 heterocycles. The third-order valence-corrected chi connectivity index (χ3v) is 4.72. The number of nitrogens with zero attached hydrogens (tertiary/aromatic N) is 1. The van der Waals surface area contributed by atoms with Gasteiger partial charge in [0.05, 0.1) is 12.7 Å². The highest BCUT2D eigenvalue weighted by atomic mass is 16.5. The number of benzene rings is 2. The molecule has 3 heteroatoms. The third-order valence-electron chi connectivity index (χ3n) is 4.72. The summed E-state index contributed by atoms with van der Waals surface area (Å²) < 4.78 is 6.22. The van der Waals surface area contributed by atoms with Crippen LogP contribution in [0.15, 0.2) is 54.6 Å². The summed E-state index contributed by atoms with van der Waals surface area (Å²) in [5.74, 6) is 0.